The SMILES string of the molecule is Cc1nnn(C2CC2)c1-c1cc(N2CCOC[C@H]2C)nc(Cl)n1. The van der Waals surface area contributed by atoms with Crippen LogP contribution in [0.2, 0.25) is 5.28 Å². The summed E-state index contributed by atoms with van der Waals surface area (Å²) in [7, 11) is 0. The van der Waals surface area contributed by atoms with Crippen LogP contribution in [0.25, 0.3) is 11.4 Å². The van der Waals surface area contributed by atoms with Crippen molar-refractivity contribution in [2.45, 2.75) is 38.8 Å². The number of aromatic nitrogens is 5. The molecule has 1 saturated heterocycles. The van der Waals surface area contributed by atoms with Crippen LogP contribution in [0.3, 0.4) is 0 Å². The summed E-state index contributed by atoms with van der Waals surface area (Å²) in [5.74, 6) is 0.832. The van der Waals surface area contributed by atoms with Gasteiger partial charge in [0.05, 0.1) is 36.7 Å². The third-order valence-electron chi connectivity index (χ3n) is 4.35. The number of halogens is 1. The number of rotatable bonds is 3. The van der Waals surface area contributed by atoms with Gasteiger partial charge in [-0.3, -0.25) is 0 Å². The molecule has 0 bridgehead atoms. The molecule has 3 heterocycles. The fourth-order valence-electron chi connectivity index (χ4n) is 2.99. The van der Waals surface area contributed by atoms with Crippen LogP contribution in [0.1, 0.15) is 31.5 Å². The zero-order chi connectivity index (χ0) is 16.0. The number of anilines is 1. The van der Waals surface area contributed by atoms with Crippen molar-refractivity contribution in [2.75, 3.05) is 24.7 Å². The number of hydrogen-bond donors (Lipinski definition) is 0. The van der Waals surface area contributed by atoms with Crippen LogP contribution >= 0.6 is 11.6 Å². The molecule has 1 aliphatic carbocycles. The lowest BCUT2D eigenvalue weighted by Gasteiger charge is -2.34. The van der Waals surface area contributed by atoms with Crippen LogP contribution in [0.15, 0.2) is 6.07 Å². The van der Waals surface area contributed by atoms with E-state index in [0.717, 1.165) is 42.3 Å². The average molecular weight is 335 g/mol. The lowest BCUT2D eigenvalue weighted by atomic mass is 10.2. The van der Waals surface area contributed by atoms with Crippen LogP contribution in [0.4, 0.5) is 5.82 Å². The molecule has 2 aromatic heterocycles. The van der Waals surface area contributed by atoms with Gasteiger partial charge < -0.3 is 9.64 Å². The topological polar surface area (TPSA) is 69.0 Å². The van der Waals surface area contributed by atoms with Gasteiger partial charge >= 0.3 is 0 Å². The lowest BCUT2D eigenvalue weighted by molar-refractivity contribution is 0.0985. The molecule has 0 amide bonds. The van der Waals surface area contributed by atoms with Crippen molar-refractivity contribution in [3.8, 4) is 11.4 Å². The Hall–Kier alpha value is -1.73. The zero-order valence-corrected chi connectivity index (χ0v) is 14.0. The highest BCUT2D eigenvalue weighted by molar-refractivity contribution is 6.28. The molecule has 0 N–H and O–H groups in total. The quantitative estimate of drug-likeness (QED) is 0.802. The van der Waals surface area contributed by atoms with Crippen LogP contribution in [0, 0.1) is 6.92 Å². The van der Waals surface area contributed by atoms with Crippen molar-refractivity contribution in [1.29, 1.82) is 0 Å². The molecule has 1 saturated carbocycles. The van der Waals surface area contributed by atoms with Crippen molar-refractivity contribution in [3.63, 3.8) is 0 Å². The zero-order valence-electron chi connectivity index (χ0n) is 13.2. The van der Waals surface area contributed by atoms with Crippen LogP contribution < -0.4 is 4.90 Å². The van der Waals surface area contributed by atoms with Crippen LogP contribution in [-0.2, 0) is 4.74 Å². The molecule has 0 aromatic carbocycles. The number of ether oxygens (including phenoxy) is 1. The minimum Gasteiger partial charge on any atom is -0.377 e. The normalized spacial score (nSPS) is 21.7. The smallest absolute Gasteiger partial charge is 0.224 e. The molecule has 2 fully saturated rings. The Bertz CT molecular complexity index is 729. The van der Waals surface area contributed by atoms with Gasteiger partial charge in [0, 0.05) is 12.6 Å². The highest BCUT2D eigenvalue weighted by atomic mass is 35.5. The van der Waals surface area contributed by atoms with Crippen molar-refractivity contribution < 1.29 is 4.74 Å². The van der Waals surface area contributed by atoms with Gasteiger partial charge in [-0.1, -0.05) is 5.21 Å². The first-order valence-corrected chi connectivity index (χ1v) is 8.32. The Morgan fingerprint density at radius 1 is 1.30 bits per heavy atom. The summed E-state index contributed by atoms with van der Waals surface area (Å²) in [6.45, 7) is 6.26. The first-order valence-electron chi connectivity index (χ1n) is 7.94. The second kappa shape index (κ2) is 5.72. The van der Waals surface area contributed by atoms with Crippen molar-refractivity contribution in [2.24, 2.45) is 0 Å². The summed E-state index contributed by atoms with van der Waals surface area (Å²) in [6, 6.07) is 2.68. The van der Waals surface area contributed by atoms with E-state index in [4.69, 9.17) is 16.3 Å². The molecule has 2 aliphatic rings. The predicted octanol–water partition coefficient (Wildman–Crippen LogP) is 2.26. The second-order valence-electron chi connectivity index (χ2n) is 6.20. The van der Waals surface area contributed by atoms with E-state index in [-0.39, 0.29) is 11.3 Å². The van der Waals surface area contributed by atoms with Crippen LogP contribution in [0.5, 0.6) is 0 Å². The van der Waals surface area contributed by atoms with E-state index < -0.39 is 0 Å². The van der Waals surface area contributed by atoms with E-state index >= 15 is 0 Å². The predicted molar refractivity (Wildman–Crippen MR) is 86.7 cm³/mol. The van der Waals surface area contributed by atoms with Gasteiger partial charge in [0.25, 0.3) is 0 Å². The molecule has 7 nitrogen and oxygen atoms in total. The number of morpholine rings is 1. The van der Waals surface area contributed by atoms with E-state index in [9.17, 15) is 0 Å². The molecule has 0 radical (unpaired) electrons. The van der Waals surface area contributed by atoms with Gasteiger partial charge in [-0.2, -0.15) is 0 Å². The highest BCUT2D eigenvalue weighted by Crippen LogP contribution is 2.38. The molecule has 122 valence electrons. The standard InChI is InChI=1S/C15H19ClN6O/c1-9-8-23-6-5-21(9)13-7-12(17-15(16)18-13)14-10(2)19-20-22(14)11-3-4-11/h7,9,11H,3-6,8H2,1-2H3/t9-/m1/s1. The Kier molecular flexibility index (Phi) is 3.69. The summed E-state index contributed by atoms with van der Waals surface area (Å²) in [5.41, 5.74) is 2.60. The molecule has 0 unspecified atom stereocenters. The fourth-order valence-corrected chi connectivity index (χ4v) is 3.17. The second-order valence-corrected chi connectivity index (χ2v) is 6.54. The third-order valence-corrected chi connectivity index (χ3v) is 4.51. The molecular weight excluding hydrogens is 316 g/mol. The summed E-state index contributed by atoms with van der Waals surface area (Å²) in [4.78, 5) is 11.0. The van der Waals surface area contributed by atoms with Gasteiger partial charge in [0.15, 0.2) is 0 Å². The monoisotopic (exact) mass is 334 g/mol. The summed E-state index contributed by atoms with van der Waals surface area (Å²) >= 11 is 6.20. The van der Waals surface area contributed by atoms with Crippen molar-refractivity contribution >= 4 is 17.4 Å². The Labute approximate surface area is 139 Å². The average Bonchev–Trinajstić information content (AvgIpc) is 3.29. The van der Waals surface area contributed by atoms with E-state index in [2.05, 4.69) is 32.1 Å². The largest absolute Gasteiger partial charge is 0.377 e. The molecule has 8 heteroatoms. The molecule has 4 rings (SSSR count). The number of nitrogens with zero attached hydrogens (tertiary/aromatic N) is 6. The van der Waals surface area contributed by atoms with Gasteiger partial charge in [0.2, 0.25) is 5.28 Å². The minimum absolute atomic E-state index is 0.249. The number of hydrogen-bond acceptors (Lipinski definition) is 6. The Morgan fingerprint density at radius 2 is 2.13 bits per heavy atom. The van der Waals surface area contributed by atoms with E-state index in [1.807, 2.05) is 17.7 Å². The molecule has 1 atom stereocenters. The summed E-state index contributed by atoms with van der Waals surface area (Å²) < 4.78 is 7.47. The Morgan fingerprint density at radius 3 is 2.87 bits per heavy atom. The highest BCUT2D eigenvalue weighted by Gasteiger charge is 2.30. The fraction of sp³-hybridized carbons (Fsp3) is 0.600. The third kappa shape index (κ3) is 2.79. The Balaban J connectivity index is 1.76. The summed E-state index contributed by atoms with van der Waals surface area (Å²) in [5, 5.41) is 8.74. The minimum atomic E-state index is 0.249. The molecular formula is C15H19ClN6O. The van der Waals surface area contributed by atoms with E-state index in [1.165, 1.54) is 0 Å². The first kappa shape index (κ1) is 14.8. The van der Waals surface area contributed by atoms with Crippen molar-refractivity contribution in [3.05, 3.63) is 17.0 Å². The number of aryl methyl sites for hydroxylation is 1. The van der Waals surface area contributed by atoms with E-state index in [0.29, 0.717) is 19.3 Å². The maximum Gasteiger partial charge on any atom is 0.224 e. The molecule has 0 spiro atoms. The van der Waals surface area contributed by atoms with Gasteiger partial charge in [-0.05, 0) is 38.3 Å². The molecule has 23 heavy (non-hydrogen) atoms. The maximum absolute atomic E-state index is 6.20. The molecule has 1 aliphatic heterocycles. The lowest BCUT2D eigenvalue weighted by Crippen LogP contribution is -2.44. The van der Waals surface area contributed by atoms with Gasteiger partial charge in [-0.15, -0.1) is 5.10 Å². The van der Waals surface area contributed by atoms with E-state index in [1.54, 1.807) is 0 Å². The first-order chi connectivity index (χ1) is 11.1. The molecule has 2 aromatic rings. The van der Waals surface area contributed by atoms with Crippen LogP contribution in [-0.4, -0.2) is 50.8 Å². The van der Waals surface area contributed by atoms with Gasteiger partial charge in [-0.25, -0.2) is 14.6 Å². The maximum atomic E-state index is 6.20. The van der Waals surface area contributed by atoms with Crippen molar-refractivity contribution in [1.82, 2.24) is 25.0 Å². The van der Waals surface area contributed by atoms with Gasteiger partial charge in [0.1, 0.15) is 11.5 Å². The summed E-state index contributed by atoms with van der Waals surface area (Å²) in [6.07, 6.45) is 2.28.